The maximum atomic E-state index is 11.2. The molecule has 1 atom stereocenters. The first-order chi connectivity index (χ1) is 5.34. The molecular formula is C6H9N3OS. The zero-order chi connectivity index (χ0) is 8.10. The Kier molecular flexibility index (Phi) is 2.97. The number of hydrogen-bond acceptors (Lipinski definition) is 3. The van der Waals surface area contributed by atoms with E-state index in [1.165, 1.54) is 6.33 Å². The fraction of sp³-hybridized carbons (Fsp3) is 0.333. The van der Waals surface area contributed by atoms with Gasteiger partial charge in [0.2, 0.25) is 5.16 Å². The fourth-order valence-electron chi connectivity index (χ4n) is 0.567. The molecule has 1 N–H and O–H groups in total. The SMILES string of the molecule is C/C=C/CS(=O)c1ncn[nH]1. The van der Waals surface area contributed by atoms with Crippen LogP contribution in [0.4, 0.5) is 0 Å². The van der Waals surface area contributed by atoms with E-state index in [4.69, 9.17) is 0 Å². The van der Waals surface area contributed by atoms with Crippen LogP contribution in [0.25, 0.3) is 0 Å². The predicted octanol–water partition coefficient (Wildman–Crippen LogP) is 0.488. The van der Waals surface area contributed by atoms with Gasteiger partial charge in [0, 0.05) is 5.75 Å². The standard InChI is InChI=1S/C6H9N3OS/c1-2-3-4-11(10)6-7-5-8-9-6/h2-3,5H,4H2,1H3,(H,7,8,9)/b3-2+. The van der Waals surface area contributed by atoms with Crippen molar-refractivity contribution in [3.8, 4) is 0 Å². The summed E-state index contributed by atoms with van der Waals surface area (Å²) in [7, 11) is -1.07. The van der Waals surface area contributed by atoms with Crippen molar-refractivity contribution in [1.82, 2.24) is 15.2 Å². The summed E-state index contributed by atoms with van der Waals surface area (Å²) < 4.78 is 11.2. The molecule has 0 aliphatic carbocycles. The van der Waals surface area contributed by atoms with Gasteiger partial charge in [0.15, 0.2) is 0 Å². The molecule has 5 heteroatoms. The smallest absolute Gasteiger partial charge is 0.214 e. The van der Waals surface area contributed by atoms with Crippen LogP contribution in [-0.4, -0.2) is 25.1 Å². The highest BCUT2D eigenvalue weighted by Crippen LogP contribution is 1.95. The van der Waals surface area contributed by atoms with Crippen molar-refractivity contribution in [1.29, 1.82) is 0 Å². The first-order valence-corrected chi connectivity index (χ1v) is 4.51. The van der Waals surface area contributed by atoms with Gasteiger partial charge >= 0.3 is 0 Å². The van der Waals surface area contributed by atoms with Gasteiger partial charge in [0.25, 0.3) is 0 Å². The Morgan fingerprint density at radius 3 is 3.18 bits per heavy atom. The van der Waals surface area contributed by atoms with Crippen molar-refractivity contribution in [3.63, 3.8) is 0 Å². The van der Waals surface area contributed by atoms with Crippen molar-refractivity contribution < 1.29 is 4.21 Å². The lowest BCUT2D eigenvalue weighted by molar-refractivity contribution is 0.678. The Labute approximate surface area is 67.2 Å². The van der Waals surface area contributed by atoms with E-state index in [9.17, 15) is 4.21 Å². The highest BCUT2D eigenvalue weighted by molar-refractivity contribution is 7.85. The molecule has 0 radical (unpaired) electrons. The highest BCUT2D eigenvalue weighted by Gasteiger charge is 2.02. The third-order valence-corrected chi connectivity index (χ3v) is 2.22. The van der Waals surface area contributed by atoms with Crippen LogP contribution in [0, 0.1) is 0 Å². The molecule has 1 aromatic rings. The van der Waals surface area contributed by atoms with Crippen LogP contribution in [0.5, 0.6) is 0 Å². The summed E-state index contributed by atoms with van der Waals surface area (Å²) in [6, 6.07) is 0. The molecule has 0 saturated heterocycles. The van der Waals surface area contributed by atoms with Gasteiger partial charge in [0.1, 0.15) is 6.33 Å². The monoisotopic (exact) mass is 171 g/mol. The maximum absolute atomic E-state index is 11.2. The average molecular weight is 171 g/mol. The number of rotatable bonds is 3. The van der Waals surface area contributed by atoms with Crippen LogP contribution in [0.2, 0.25) is 0 Å². The average Bonchev–Trinajstić information content (AvgIpc) is 2.52. The Morgan fingerprint density at radius 1 is 1.82 bits per heavy atom. The van der Waals surface area contributed by atoms with Crippen LogP contribution in [0.15, 0.2) is 23.6 Å². The normalized spacial score (nSPS) is 13.9. The topological polar surface area (TPSA) is 58.6 Å². The van der Waals surface area contributed by atoms with E-state index < -0.39 is 10.8 Å². The Bertz CT molecular complexity index is 255. The van der Waals surface area contributed by atoms with Crippen molar-refractivity contribution in [2.45, 2.75) is 12.1 Å². The van der Waals surface area contributed by atoms with Crippen LogP contribution in [-0.2, 0) is 10.8 Å². The zero-order valence-electron chi connectivity index (χ0n) is 6.15. The first-order valence-electron chi connectivity index (χ1n) is 3.19. The van der Waals surface area contributed by atoms with Gasteiger partial charge in [-0.2, -0.15) is 5.10 Å². The van der Waals surface area contributed by atoms with Gasteiger partial charge in [-0.1, -0.05) is 12.2 Å². The first kappa shape index (κ1) is 8.13. The maximum Gasteiger partial charge on any atom is 0.214 e. The van der Waals surface area contributed by atoms with E-state index in [1.54, 1.807) is 0 Å². The Hall–Kier alpha value is -0.970. The summed E-state index contributed by atoms with van der Waals surface area (Å²) in [5, 5.41) is 6.58. The highest BCUT2D eigenvalue weighted by atomic mass is 32.2. The molecule has 0 saturated carbocycles. The second kappa shape index (κ2) is 4.02. The molecule has 0 aromatic carbocycles. The van der Waals surface area contributed by atoms with E-state index in [1.807, 2.05) is 19.1 Å². The fourth-order valence-corrected chi connectivity index (χ4v) is 1.41. The summed E-state index contributed by atoms with van der Waals surface area (Å²) in [5.41, 5.74) is 0. The second-order valence-corrected chi connectivity index (χ2v) is 3.28. The zero-order valence-corrected chi connectivity index (χ0v) is 6.97. The molecule has 1 aromatic heterocycles. The number of hydrogen-bond donors (Lipinski definition) is 1. The van der Waals surface area contributed by atoms with E-state index >= 15 is 0 Å². The summed E-state index contributed by atoms with van der Waals surface area (Å²) in [6.45, 7) is 1.89. The predicted molar refractivity (Wildman–Crippen MR) is 42.5 cm³/mol. The van der Waals surface area contributed by atoms with Crippen molar-refractivity contribution in [3.05, 3.63) is 18.5 Å². The lowest BCUT2D eigenvalue weighted by Gasteiger charge is -1.89. The molecule has 0 amide bonds. The minimum absolute atomic E-state index is 0.433. The second-order valence-electron chi connectivity index (χ2n) is 1.87. The number of nitrogens with one attached hydrogen (secondary N) is 1. The minimum Gasteiger partial charge on any atom is -0.252 e. The summed E-state index contributed by atoms with van der Waals surface area (Å²) >= 11 is 0. The number of aromatic nitrogens is 3. The van der Waals surface area contributed by atoms with E-state index in [2.05, 4.69) is 15.2 Å². The van der Waals surface area contributed by atoms with E-state index in [0.29, 0.717) is 10.9 Å². The quantitative estimate of drug-likeness (QED) is 0.673. The third-order valence-electron chi connectivity index (χ3n) is 1.09. The molecule has 0 aliphatic rings. The lowest BCUT2D eigenvalue weighted by Crippen LogP contribution is -1.97. The van der Waals surface area contributed by atoms with Crippen molar-refractivity contribution >= 4 is 10.8 Å². The van der Waals surface area contributed by atoms with Gasteiger partial charge in [-0.25, -0.2) is 4.98 Å². The molecule has 0 fully saturated rings. The largest absolute Gasteiger partial charge is 0.252 e. The van der Waals surface area contributed by atoms with Crippen LogP contribution in [0.3, 0.4) is 0 Å². The van der Waals surface area contributed by atoms with E-state index in [0.717, 1.165) is 0 Å². The lowest BCUT2D eigenvalue weighted by atomic mass is 10.6. The molecule has 0 bridgehead atoms. The molecule has 1 heterocycles. The van der Waals surface area contributed by atoms with Crippen LogP contribution >= 0.6 is 0 Å². The molecule has 0 aliphatic heterocycles. The van der Waals surface area contributed by atoms with Crippen molar-refractivity contribution in [2.75, 3.05) is 5.75 Å². The number of aromatic amines is 1. The molecule has 1 rings (SSSR count). The number of allylic oxidation sites excluding steroid dienone is 1. The van der Waals surface area contributed by atoms with Gasteiger partial charge in [-0.3, -0.25) is 9.31 Å². The molecule has 60 valence electrons. The van der Waals surface area contributed by atoms with Gasteiger partial charge in [0.05, 0.1) is 10.8 Å². The van der Waals surface area contributed by atoms with Crippen LogP contribution in [0.1, 0.15) is 6.92 Å². The molecule has 4 nitrogen and oxygen atoms in total. The summed E-state index contributed by atoms with van der Waals surface area (Å²) in [5.74, 6) is 0.492. The summed E-state index contributed by atoms with van der Waals surface area (Å²) in [4.78, 5) is 3.77. The number of H-pyrrole nitrogens is 1. The Balaban J connectivity index is 2.56. The van der Waals surface area contributed by atoms with Gasteiger partial charge in [-0.15, -0.1) is 0 Å². The van der Waals surface area contributed by atoms with Gasteiger partial charge < -0.3 is 0 Å². The Morgan fingerprint density at radius 2 is 2.64 bits per heavy atom. The minimum atomic E-state index is -1.07. The molecule has 11 heavy (non-hydrogen) atoms. The number of nitrogens with zero attached hydrogens (tertiary/aromatic N) is 2. The molecule has 0 spiro atoms. The molecular weight excluding hydrogens is 162 g/mol. The molecule has 1 unspecified atom stereocenters. The van der Waals surface area contributed by atoms with Crippen molar-refractivity contribution in [2.24, 2.45) is 0 Å². The third kappa shape index (κ3) is 2.27. The van der Waals surface area contributed by atoms with E-state index in [-0.39, 0.29) is 0 Å². The van der Waals surface area contributed by atoms with Crippen LogP contribution < -0.4 is 0 Å². The van der Waals surface area contributed by atoms with Gasteiger partial charge in [-0.05, 0) is 6.92 Å². The summed E-state index contributed by atoms with van der Waals surface area (Å²) in [6.07, 6.45) is 5.04.